The van der Waals surface area contributed by atoms with Gasteiger partial charge in [-0.2, -0.15) is 0 Å². The summed E-state index contributed by atoms with van der Waals surface area (Å²) >= 11 is 5.64. The quantitative estimate of drug-likeness (QED) is 0.833. The first kappa shape index (κ1) is 14.1. The summed E-state index contributed by atoms with van der Waals surface area (Å²) in [5.41, 5.74) is 2.15. The van der Waals surface area contributed by atoms with E-state index in [1.807, 2.05) is 6.92 Å². The summed E-state index contributed by atoms with van der Waals surface area (Å²) in [4.78, 5) is 7.33. The molecule has 2 N–H and O–H groups in total. The maximum atomic E-state index is 11.9. The van der Waals surface area contributed by atoms with Gasteiger partial charge in [0.05, 0.1) is 22.5 Å². The van der Waals surface area contributed by atoms with Gasteiger partial charge in [0, 0.05) is 5.88 Å². The van der Waals surface area contributed by atoms with Crippen LogP contribution in [0.5, 0.6) is 0 Å². The summed E-state index contributed by atoms with van der Waals surface area (Å²) in [5.74, 6) is 1.04. The van der Waals surface area contributed by atoms with Crippen molar-refractivity contribution in [1.82, 2.24) is 9.97 Å². The number of anilines is 1. The number of hydrogen-bond acceptors (Lipinski definition) is 3. The highest BCUT2D eigenvalue weighted by Gasteiger charge is 2.15. The van der Waals surface area contributed by atoms with E-state index in [-0.39, 0.29) is 11.7 Å². The number of imidazole rings is 1. The molecule has 0 spiro atoms. The molecule has 0 aliphatic rings. The van der Waals surface area contributed by atoms with E-state index in [2.05, 4.69) is 14.7 Å². The second-order valence-corrected chi connectivity index (χ2v) is 6.77. The fraction of sp³-hybridized carbons (Fsp3) is 0.417. The van der Waals surface area contributed by atoms with Gasteiger partial charge in [0.25, 0.3) is 0 Å². The number of H-pyrrole nitrogens is 1. The van der Waals surface area contributed by atoms with Crippen LogP contribution in [0.15, 0.2) is 18.2 Å². The third-order valence-corrected chi connectivity index (χ3v) is 4.72. The van der Waals surface area contributed by atoms with E-state index in [1.165, 1.54) is 0 Å². The summed E-state index contributed by atoms with van der Waals surface area (Å²) in [6.07, 6.45) is 0. The summed E-state index contributed by atoms with van der Waals surface area (Å²) in [6.45, 7) is 3.65. The highest BCUT2D eigenvalue weighted by molar-refractivity contribution is 7.92. The summed E-state index contributed by atoms with van der Waals surface area (Å²) in [7, 11) is -3.38. The van der Waals surface area contributed by atoms with Crippen LogP contribution < -0.4 is 4.72 Å². The van der Waals surface area contributed by atoms with Crippen molar-refractivity contribution in [2.75, 3.05) is 16.4 Å². The smallest absolute Gasteiger partial charge is 0.233 e. The van der Waals surface area contributed by atoms with E-state index in [0.29, 0.717) is 11.6 Å². The number of benzene rings is 1. The molecule has 1 atom stereocenters. The van der Waals surface area contributed by atoms with Crippen LogP contribution in [0.1, 0.15) is 12.7 Å². The van der Waals surface area contributed by atoms with E-state index in [1.54, 1.807) is 25.1 Å². The molecule has 0 fully saturated rings. The predicted octanol–water partition coefficient (Wildman–Crippen LogP) is 2.49. The van der Waals surface area contributed by atoms with Gasteiger partial charge in [-0.1, -0.05) is 6.92 Å². The van der Waals surface area contributed by atoms with Crippen molar-refractivity contribution >= 4 is 38.3 Å². The lowest BCUT2D eigenvalue weighted by Crippen LogP contribution is -2.22. The van der Waals surface area contributed by atoms with Crippen LogP contribution in [0, 0.1) is 12.8 Å². The molecule has 2 rings (SSSR count). The number of nitrogens with zero attached hydrogens (tertiary/aromatic N) is 1. The Labute approximate surface area is 117 Å². The zero-order valence-corrected chi connectivity index (χ0v) is 12.3. The van der Waals surface area contributed by atoms with Crippen LogP contribution in [0.25, 0.3) is 11.0 Å². The van der Waals surface area contributed by atoms with Crippen molar-refractivity contribution in [2.24, 2.45) is 5.92 Å². The Kier molecular flexibility index (Phi) is 4.01. The zero-order chi connectivity index (χ0) is 14.0. The highest BCUT2D eigenvalue weighted by Crippen LogP contribution is 2.18. The lowest BCUT2D eigenvalue weighted by Gasteiger charge is -2.11. The van der Waals surface area contributed by atoms with Crippen molar-refractivity contribution in [3.8, 4) is 0 Å². The standard InChI is InChI=1S/C12H16ClN3O2S/c1-8(6-13)7-19(17,18)16-10-3-4-11-12(5-10)15-9(2)14-11/h3-5,8,16H,6-7H2,1-2H3,(H,14,15). The van der Waals surface area contributed by atoms with E-state index in [0.717, 1.165) is 16.9 Å². The number of sulfonamides is 1. The van der Waals surface area contributed by atoms with Gasteiger partial charge in [-0.05, 0) is 31.0 Å². The minimum Gasteiger partial charge on any atom is -0.342 e. The fourth-order valence-corrected chi connectivity index (χ4v) is 3.52. The van der Waals surface area contributed by atoms with Gasteiger partial charge in [-0.15, -0.1) is 11.6 Å². The van der Waals surface area contributed by atoms with Gasteiger partial charge in [0.1, 0.15) is 5.82 Å². The van der Waals surface area contributed by atoms with Gasteiger partial charge in [-0.3, -0.25) is 4.72 Å². The van der Waals surface area contributed by atoms with Crippen molar-refractivity contribution < 1.29 is 8.42 Å². The van der Waals surface area contributed by atoms with Gasteiger partial charge in [0.2, 0.25) is 10.0 Å². The number of rotatable bonds is 5. The molecule has 0 aliphatic carbocycles. The molecule has 2 aromatic rings. The second-order valence-electron chi connectivity index (χ2n) is 4.70. The van der Waals surface area contributed by atoms with Crippen LogP contribution in [-0.4, -0.2) is 30.0 Å². The first-order chi connectivity index (χ1) is 8.89. The van der Waals surface area contributed by atoms with E-state index in [9.17, 15) is 8.42 Å². The lowest BCUT2D eigenvalue weighted by molar-refractivity contribution is 0.588. The second kappa shape index (κ2) is 5.38. The third-order valence-electron chi connectivity index (χ3n) is 2.64. The number of fused-ring (bicyclic) bond motifs is 1. The number of halogens is 1. The SMILES string of the molecule is Cc1nc2ccc(NS(=O)(=O)CC(C)CCl)cc2[nH]1. The monoisotopic (exact) mass is 301 g/mol. The van der Waals surface area contributed by atoms with Crippen LogP contribution >= 0.6 is 11.6 Å². The minimum atomic E-state index is -3.38. The molecule has 1 heterocycles. The first-order valence-corrected chi connectivity index (χ1v) is 8.11. The molecule has 1 aromatic heterocycles. The molecule has 104 valence electrons. The molecular weight excluding hydrogens is 286 g/mol. The Balaban J connectivity index is 2.20. The molecule has 0 amide bonds. The molecule has 0 aliphatic heterocycles. The van der Waals surface area contributed by atoms with Crippen molar-refractivity contribution in [3.05, 3.63) is 24.0 Å². The maximum absolute atomic E-state index is 11.9. The maximum Gasteiger partial charge on any atom is 0.233 e. The Morgan fingerprint density at radius 3 is 2.89 bits per heavy atom. The fourth-order valence-electron chi connectivity index (χ4n) is 1.84. The molecule has 5 nitrogen and oxygen atoms in total. The van der Waals surface area contributed by atoms with Gasteiger partial charge in [-0.25, -0.2) is 13.4 Å². The number of nitrogens with one attached hydrogen (secondary N) is 2. The van der Waals surface area contributed by atoms with Crippen LogP contribution in [0.4, 0.5) is 5.69 Å². The Hall–Kier alpha value is -1.27. The summed E-state index contributed by atoms with van der Waals surface area (Å²) in [5, 5.41) is 0. The van der Waals surface area contributed by atoms with Crippen LogP contribution in [0.2, 0.25) is 0 Å². The largest absolute Gasteiger partial charge is 0.342 e. The average Bonchev–Trinajstić information content (AvgIpc) is 2.67. The van der Waals surface area contributed by atoms with Crippen molar-refractivity contribution in [1.29, 1.82) is 0 Å². The number of hydrogen-bond donors (Lipinski definition) is 2. The van der Waals surface area contributed by atoms with Crippen molar-refractivity contribution in [2.45, 2.75) is 13.8 Å². The van der Waals surface area contributed by atoms with Crippen molar-refractivity contribution in [3.63, 3.8) is 0 Å². The number of aromatic nitrogens is 2. The minimum absolute atomic E-state index is 0.0105. The first-order valence-electron chi connectivity index (χ1n) is 5.92. The molecule has 1 unspecified atom stereocenters. The van der Waals surface area contributed by atoms with Crippen LogP contribution in [0.3, 0.4) is 0 Å². The Morgan fingerprint density at radius 2 is 2.21 bits per heavy atom. The molecule has 19 heavy (non-hydrogen) atoms. The third kappa shape index (κ3) is 3.61. The molecule has 0 bridgehead atoms. The molecule has 0 radical (unpaired) electrons. The van der Waals surface area contributed by atoms with Crippen LogP contribution in [-0.2, 0) is 10.0 Å². The van der Waals surface area contributed by atoms with Gasteiger partial charge >= 0.3 is 0 Å². The summed E-state index contributed by atoms with van der Waals surface area (Å²) in [6, 6.07) is 5.21. The number of alkyl halides is 1. The number of aromatic amines is 1. The van der Waals surface area contributed by atoms with Gasteiger partial charge in [0.15, 0.2) is 0 Å². The topological polar surface area (TPSA) is 74.8 Å². The normalized spacial score (nSPS) is 13.6. The van der Waals surface area contributed by atoms with E-state index in [4.69, 9.17) is 11.6 Å². The summed E-state index contributed by atoms with van der Waals surface area (Å²) < 4.78 is 26.4. The van der Waals surface area contributed by atoms with Gasteiger partial charge < -0.3 is 4.98 Å². The Bertz CT molecular complexity index is 681. The lowest BCUT2D eigenvalue weighted by atomic mass is 10.3. The molecule has 7 heteroatoms. The molecule has 1 aromatic carbocycles. The molecule has 0 saturated heterocycles. The van der Waals surface area contributed by atoms with E-state index < -0.39 is 10.0 Å². The highest BCUT2D eigenvalue weighted by atomic mass is 35.5. The molecule has 0 saturated carbocycles. The van der Waals surface area contributed by atoms with E-state index >= 15 is 0 Å². The average molecular weight is 302 g/mol. The Morgan fingerprint density at radius 1 is 1.47 bits per heavy atom. The molecular formula is C12H16ClN3O2S. The number of aryl methyl sites for hydroxylation is 1. The predicted molar refractivity (Wildman–Crippen MR) is 78.1 cm³/mol. The zero-order valence-electron chi connectivity index (χ0n) is 10.8.